The zero-order chi connectivity index (χ0) is 18.3. The molecule has 7 nitrogen and oxygen atoms in total. The molecule has 0 aliphatic carbocycles. The highest BCUT2D eigenvalue weighted by Gasteiger charge is 2.13. The second-order valence-electron chi connectivity index (χ2n) is 6.11. The first kappa shape index (κ1) is 16.0. The average Bonchev–Trinajstić information content (AvgIpc) is 2.95. The maximum Gasteiger partial charge on any atom is 0.275 e. The summed E-state index contributed by atoms with van der Waals surface area (Å²) < 4.78 is 2.82. The standard InChI is InChI=1S/C19H17N5O2/c1-12-14-7-3-4-8-15(14)19(26)23(21-12)11-18(25)22-24-13(2)20-16-9-5-6-10-17(16)24/h3-10H,11H2,1-2H3,(H,22,25). The highest BCUT2D eigenvalue weighted by molar-refractivity contribution is 5.87. The third-order valence-corrected chi connectivity index (χ3v) is 4.31. The molecule has 0 bridgehead atoms. The maximum atomic E-state index is 12.6. The molecule has 2 aromatic heterocycles. The number of nitrogens with one attached hydrogen (secondary N) is 1. The van der Waals surface area contributed by atoms with Crippen LogP contribution >= 0.6 is 0 Å². The summed E-state index contributed by atoms with van der Waals surface area (Å²) >= 11 is 0. The SMILES string of the molecule is Cc1nn(CC(=O)Nn2c(C)nc3ccccc32)c(=O)c2ccccc12. The van der Waals surface area contributed by atoms with Gasteiger partial charge in [0.25, 0.3) is 11.5 Å². The van der Waals surface area contributed by atoms with E-state index in [1.165, 1.54) is 4.68 Å². The Hall–Kier alpha value is -3.48. The fraction of sp³-hybridized carbons (Fsp3) is 0.158. The molecule has 1 amide bonds. The Morgan fingerprint density at radius 3 is 2.54 bits per heavy atom. The van der Waals surface area contributed by atoms with Crippen LogP contribution < -0.4 is 11.0 Å². The van der Waals surface area contributed by atoms with Crippen molar-refractivity contribution in [1.82, 2.24) is 19.4 Å². The normalized spacial score (nSPS) is 11.2. The number of carbonyl (C=O) groups is 1. The van der Waals surface area contributed by atoms with E-state index < -0.39 is 0 Å². The maximum absolute atomic E-state index is 12.6. The Bertz CT molecular complexity index is 1210. The number of carbonyl (C=O) groups excluding carboxylic acids is 1. The van der Waals surface area contributed by atoms with Gasteiger partial charge < -0.3 is 0 Å². The predicted molar refractivity (Wildman–Crippen MR) is 99.6 cm³/mol. The topological polar surface area (TPSA) is 81.8 Å². The lowest BCUT2D eigenvalue weighted by Gasteiger charge is -2.11. The molecule has 0 aliphatic rings. The molecule has 0 aliphatic heterocycles. The average molecular weight is 347 g/mol. The lowest BCUT2D eigenvalue weighted by molar-refractivity contribution is -0.117. The lowest BCUT2D eigenvalue weighted by Crippen LogP contribution is -2.33. The number of aromatic nitrogens is 4. The number of hydrogen-bond donors (Lipinski definition) is 1. The Morgan fingerprint density at radius 2 is 1.73 bits per heavy atom. The van der Waals surface area contributed by atoms with Gasteiger partial charge in [-0.15, -0.1) is 0 Å². The van der Waals surface area contributed by atoms with Gasteiger partial charge in [-0.2, -0.15) is 5.10 Å². The van der Waals surface area contributed by atoms with Crippen molar-refractivity contribution >= 4 is 27.7 Å². The van der Waals surface area contributed by atoms with E-state index in [0.717, 1.165) is 16.4 Å². The molecular weight excluding hydrogens is 330 g/mol. The van der Waals surface area contributed by atoms with Gasteiger partial charge in [-0.3, -0.25) is 15.0 Å². The fourth-order valence-corrected chi connectivity index (χ4v) is 3.10. The summed E-state index contributed by atoms with van der Waals surface area (Å²) in [6.07, 6.45) is 0. The van der Waals surface area contributed by atoms with Gasteiger partial charge in [0.1, 0.15) is 12.4 Å². The molecule has 26 heavy (non-hydrogen) atoms. The molecule has 0 saturated carbocycles. The quantitative estimate of drug-likeness (QED) is 0.615. The van der Waals surface area contributed by atoms with E-state index in [-0.39, 0.29) is 18.0 Å². The van der Waals surface area contributed by atoms with E-state index in [0.29, 0.717) is 16.9 Å². The van der Waals surface area contributed by atoms with Crippen LogP contribution in [0.5, 0.6) is 0 Å². The molecule has 0 atom stereocenters. The molecule has 0 saturated heterocycles. The minimum atomic E-state index is -0.347. The molecule has 0 unspecified atom stereocenters. The Labute approximate surface area is 148 Å². The molecule has 4 aromatic rings. The van der Waals surface area contributed by atoms with Crippen LogP contribution in [0, 0.1) is 13.8 Å². The Balaban J connectivity index is 1.67. The third kappa shape index (κ3) is 2.63. The number of amides is 1. The van der Waals surface area contributed by atoms with Crippen LogP contribution in [0.25, 0.3) is 21.8 Å². The first-order valence-electron chi connectivity index (χ1n) is 8.25. The second-order valence-corrected chi connectivity index (χ2v) is 6.11. The van der Waals surface area contributed by atoms with Crippen molar-refractivity contribution in [2.24, 2.45) is 0 Å². The van der Waals surface area contributed by atoms with E-state index >= 15 is 0 Å². The first-order valence-corrected chi connectivity index (χ1v) is 8.25. The van der Waals surface area contributed by atoms with Crippen LogP contribution in [-0.2, 0) is 11.3 Å². The molecule has 0 spiro atoms. The summed E-state index contributed by atoms with van der Waals surface area (Å²) in [5, 5.41) is 5.62. The summed E-state index contributed by atoms with van der Waals surface area (Å²) in [6.45, 7) is 3.46. The van der Waals surface area contributed by atoms with Crippen LogP contribution in [-0.4, -0.2) is 25.3 Å². The van der Waals surface area contributed by atoms with E-state index in [4.69, 9.17) is 0 Å². The van der Waals surface area contributed by atoms with Crippen LogP contribution in [0.1, 0.15) is 11.5 Å². The van der Waals surface area contributed by atoms with Crippen molar-refractivity contribution in [3.05, 3.63) is 70.4 Å². The van der Waals surface area contributed by atoms with Gasteiger partial charge >= 0.3 is 0 Å². The summed E-state index contributed by atoms with van der Waals surface area (Å²) in [4.78, 5) is 29.5. The molecule has 130 valence electrons. The molecule has 0 fully saturated rings. The second kappa shape index (κ2) is 6.11. The zero-order valence-electron chi connectivity index (χ0n) is 14.4. The number of hydrogen-bond acceptors (Lipinski definition) is 4. The van der Waals surface area contributed by atoms with Crippen LogP contribution in [0.15, 0.2) is 53.3 Å². The summed E-state index contributed by atoms with van der Waals surface area (Å²) in [5.74, 6) is 0.315. The van der Waals surface area contributed by atoms with Crippen molar-refractivity contribution in [2.75, 3.05) is 5.43 Å². The molecule has 7 heteroatoms. The lowest BCUT2D eigenvalue weighted by atomic mass is 10.1. The predicted octanol–water partition coefficient (Wildman–Crippen LogP) is 2.13. The highest BCUT2D eigenvalue weighted by atomic mass is 16.2. The molecule has 2 heterocycles. The number of imidazole rings is 1. The minimum Gasteiger partial charge on any atom is -0.271 e. The van der Waals surface area contributed by atoms with E-state index in [1.807, 2.05) is 50.2 Å². The number of para-hydroxylation sites is 2. The third-order valence-electron chi connectivity index (χ3n) is 4.31. The van der Waals surface area contributed by atoms with Crippen LogP contribution in [0.3, 0.4) is 0 Å². The van der Waals surface area contributed by atoms with Crippen molar-refractivity contribution < 1.29 is 4.79 Å². The van der Waals surface area contributed by atoms with Crippen molar-refractivity contribution in [2.45, 2.75) is 20.4 Å². The van der Waals surface area contributed by atoms with Gasteiger partial charge in [0, 0.05) is 5.39 Å². The highest BCUT2D eigenvalue weighted by Crippen LogP contribution is 2.14. The molecule has 1 N–H and O–H groups in total. The van der Waals surface area contributed by atoms with E-state index in [2.05, 4.69) is 15.5 Å². The van der Waals surface area contributed by atoms with E-state index in [9.17, 15) is 9.59 Å². The van der Waals surface area contributed by atoms with Gasteiger partial charge in [0.05, 0.1) is 22.1 Å². The Kier molecular flexibility index (Phi) is 3.76. The first-order chi connectivity index (χ1) is 12.5. The Morgan fingerprint density at radius 1 is 1.04 bits per heavy atom. The van der Waals surface area contributed by atoms with Crippen LogP contribution in [0.4, 0.5) is 0 Å². The molecular formula is C19H17N5O2. The number of benzene rings is 2. The number of aryl methyl sites for hydroxylation is 2. The van der Waals surface area contributed by atoms with Crippen molar-refractivity contribution in [3.63, 3.8) is 0 Å². The fourth-order valence-electron chi connectivity index (χ4n) is 3.10. The molecule has 0 radical (unpaired) electrons. The summed E-state index contributed by atoms with van der Waals surface area (Å²) in [6, 6.07) is 14.8. The largest absolute Gasteiger partial charge is 0.275 e. The monoisotopic (exact) mass is 347 g/mol. The van der Waals surface area contributed by atoms with Gasteiger partial charge in [-0.1, -0.05) is 30.3 Å². The van der Waals surface area contributed by atoms with Gasteiger partial charge in [0.2, 0.25) is 0 Å². The zero-order valence-corrected chi connectivity index (χ0v) is 14.4. The summed E-state index contributed by atoms with van der Waals surface area (Å²) in [7, 11) is 0. The number of rotatable bonds is 3. The van der Waals surface area contributed by atoms with Gasteiger partial charge in [0.15, 0.2) is 0 Å². The van der Waals surface area contributed by atoms with Gasteiger partial charge in [-0.05, 0) is 32.0 Å². The van der Waals surface area contributed by atoms with E-state index in [1.54, 1.807) is 16.8 Å². The number of fused-ring (bicyclic) bond motifs is 2. The smallest absolute Gasteiger partial charge is 0.271 e. The molecule has 2 aromatic carbocycles. The van der Waals surface area contributed by atoms with Crippen molar-refractivity contribution in [1.29, 1.82) is 0 Å². The molecule has 4 rings (SSSR count). The number of nitrogens with zero attached hydrogens (tertiary/aromatic N) is 4. The van der Waals surface area contributed by atoms with Crippen LogP contribution in [0.2, 0.25) is 0 Å². The van der Waals surface area contributed by atoms with Crippen molar-refractivity contribution in [3.8, 4) is 0 Å². The minimum absolute atomic E-state index is 0.170. The van der Waals surface area contributed by atoms with Gasteiger partial charge in [-0.25, -0.2) is 14.3 Å². The summed E-state index contributed by atoms with van der Waals surface area (Å²) in [5.41, 5.74) is 4.81.